The summed E-state index contributed by atoms with van der Waals surface area (Å²) < 4.78 is 0. The Morgan fingerprint density at radius 3 is 2.56 bits per heavy atom. The molecule has 0 saturated heterocycles. The molecule has 0 aliphatic heterocycles. The Morgan fingerprint density at radius 1 is 1.39 bits per heavy atom. The molecule has 0 bridgehead atoms. The highest BCUT2D eigenvalue weighted by Crippen LogP contribution is 2.35. The highest BCUT2D eigenvalue weighted by molar-refractivity contribution is 5.85. The first-order valence-corrected chi connectivity index (χ1v) is 6.42. The van der Waals surface area contributed by atoms with Crippen LogP contribution in [0.1, 0.15) is 50.0 Å². The summed E-state index contributed by atoms with van der Waals surface area (Å²) in [6.07, 6.45) is 6.38. The van der Waals surface area contributed by atoms with Crippen LogP contribution in [-0.2, 0) is 0 Å². The lowest BCUT2D eigenvalue weighted by atomic mass is 9.75. The third-order valence-electron chi connectivity index (χ3n) is 3.69. The van der Waals surface area contributed by atoms with E-state index in [1.807, 2.05) is 0 Å². The van der Waals surface area contributed by atoms with Gasteiger partial charge in [-0.3, -0.25) is 0 Å². The van der Waals surface area contributed by atoms with E-state index in [0.29, 0.717) is 11.5 Å². The zero-order valence-corrected chi connectivity index (χ0v) is 10.9. The molecule has 1 saturated carbocycles. The fourth-order valence-corrected chi connectivity index (χ4v) is 2.39. The van der Waals surface area contributed by atoms with Crippen molar-refractivity contribution in [2.75, 3.05) is 5.32 Å². The van der Waals surface area contributed by atoms with Crippen LogP contribution in [0.15, 0.2) is 18.3 Å². The molecule has 0 aromatic carbocycles. The molecule has 18 heavy (non-hydrogen) atoms. The van der Waals surface area contributed by atoms with Crippen molar-refractivity contribution in [3.8, 4) is 0 Å². The summed E-state index contributed by atoms with van der Waals surface area (Å²) in [5, 5.41) is 12.2. The predicted octanol–water partition coefficient (Wildman–Crippen LogP) is 3.16. The number of hydrogen-bond donors (Lipinski definition) is 2. The van der Waals surface area contributed by atoms with E-state index in [9.17, 15) is 4.79 Å². The molecule has 4 heteroatoms. The number of hydrogen-bond acceptors (Lipinski definition) is 3. The maximum absolute atomic E-state index is 10.7. The Kier molecular flexibility index (Phi) is 3.55. The molecular formula is C14H20N2O2. The van der Waals surface area contributed by atoms with Crippen LogP contribution in [0.5, 0.6) is 0 Å². The maximum Gasteiger partial charge on any atom is 0.354 e. The summed E-state index contributed by atoms with van der Waals surface area (Å²) in [6.45, 7) is 4.62. The van der Waals surface area contributed by atoms with E-state index in [1.165, 1.54) is 18.9 Å². The van der Waals surface area contributed by atoms with Crippen molar-refractivity contribution in [3.05, 3.63) is 24.0 Å². The third kappa shape index (κ3) is 3.22. The van der Waals surface area contributed by atoms with Gasteiger partial charge in [0.1, 0.15) is 5.69 Å². The first-order valence-electron chi connectivity index (χ1n) is 6.42. The van der Waals surface area contributed by atoms with E-state index in [1.54, 1.807) is 12.3 Å². The first kappa shape index (κ1) is 12.9. The monoisotopic (exact) mass is 248 g/mol. The number of pyridine rings is 1. The Morgan fingerprint density at radius 2 is 2.06 bits per heavy atom. The van der Waals surface area contributed by atoms with E-state index >= 15 is 0 Å². The van der Waals surface area contributed by atoms with Crippen molar-refractivity contribution < 1.29 is 9.90 Å². The van der Waals surface area contributed by atoms with E-state index in [4.69, 9.17) is 5.11 Å². The molecule has 0 atom stereocenters. The van der Waals surface area contributed by atoms with E-state index in [2.05, 4.69) is 24.1 Å². The number of aromatic carboxylic acids is 1. The molecule has 0 radical (unpaired) electrons. The third-order valence-corrected chi connectivity index (χ3v) is 3.69. The Bertz CT molecular complexity index is 416. The molecule has 2 N–H and O–H groups in total. The molecule has 1 aromatic heterocycles. The normalized spacial score (nSPS) is 19.4. The SMILES string of the molecule is CC1(C)CCC(Nc2ccc(C(=O)O)nc2)CC1. The molecule has 1 aromatic rings. The van der Waals surface area contributed by atoms with Crippen molar-refractivity contribution in [2.24, 2.45) is 5.41 Å². The molecule has 1 aliphatic carbocycles. The van der Waals surface area contributed by atoms with Crippen molar-refractivity contribution >= 4 is 11.7 Å². The van der Waals surface area contributed by atoms with Gasteiger partial charge in [-0.15, -0.1) is 0 Å². The van der Waals surface area contributed by atoms with Crippen LogP contribution < -0.4 is 5.32 Å². The van der Waals surface area contributed by atoms with Crippen molar-refractivity contribution in [2.45, 2.75) is 45.6 Å². The molecule has 1 fully saturated rings. The van der Waals surface area contributed by atoms with Crippen LogP contribution in [0.3, 0.4) is 0 Å². The van der Waals surface area contributed by atoms with E-state index in [0.717, 1.165) is 18.5 Å². The van der Waals surface area contributed by atoms with Gasteiger partial charge in [-0.05, 0) is 43.2 Å². The predicted molar refractivity (Wildman–Crippen MR) is 70.9 cm³/mol. The number of anilines is 1. The van der Waals surface area contributed by atoms with Crippen LogP contribution in [0.2, 0.25) is 0 Å². The van der Waals surface area contributed by atoms with Gasteiger partial charge in [-0.1, -0.05) is 13.8 Å². The van der Waals surface area contributed by atoms with Crippen molar-refractivity contribution in [1.82, 2.24) is 4.98 Å². The highest BCUT2D eigenvalue weighted by Gasteiger charge is 2.26. The minimum Gasteiger partial charge on any atom is -0.477 e. The summed E-state index contributed by atoms with van der Waals surface area (Å²) in [5.41, 5.74) is 1.46. The second-order valence-electron chi connectivity index (χ2n) is 5.82. The Labute approximate surface area is 107 Å². The van der Waals surface area contributed by atoms with Crippen LogP contribution in [0, 0.1) is 5.41 Å². The summed E-state index contributed by atoms with van der Waals surface area (Å²) in [5.74, 6) is -0.985. The first-order chi connectivity index (χ1) is 8.46. The fraction of sp³-hybridized carbons (Fsp3) is 0.571. The quantitative estimate of drug-likeness (QED) is 0.862. The van der Waals surface area contributed by atoms with Crippen LogP contribution in [-0.4, -0.2) is 22.1 Å². The molecule has 98 valence electrons. The second kappa shape index (κ2) is 4.96. The highest BCUT2D eigenvalue weighted by atomic mass is 16.4. The van der Waals surface area contributed by atoms with Crippen LogP contribution >= 0.6 is 0 Å². The Hall–Kier alpha value is -1.58. The van der Waals surface area contributed by atoms with Gasteiger partial charge in [-0.2, -0.15) is 0 Å². The largest absolute Gasteiger partial charge is 0.477 e. The van der Waals surface area contributed by atoms with Gasteiger partial charge in [0.25, 0.3) is 0 Å². The summed E-state index contributed by atoms with van der Waals surface area (Å²) in [4.78, 5) is 14.6. The van der Waals surface area contributed by atoms with Gasteiger partial charge >= 0.3 is 5.97 Å². The van der Waals surface area contributed by atoms with Gasteiger partial charge in [-0.25, -0.2) is 9.78 Å². The molecule has 0 amide bonds. The van der Waals surface area contributed by atoms with Gasteiger partial charge < -0.3 is 10.4 Å². The maximum atomic E-state index is 10.7. The van der Waals surface area contributed by atoms with Crippen molar-refractivity contribution in [3.63, 3.8) is 0 Å². The zero-order valence-electron chi connectivity index (χ0n) is 10.9. The molecule has 0 spiro atoms. The second-order valence-corrected chi connectivity index (χ2v) is 5.82. The number of carbonyl (C=O) groups is 1. The lowest BCUT2D eigenvalue weighted by Gasteiger charge is -2.35. The molecule has 1 heterocycles. The number of nitrogens with one attached hydrogen (secondary N) is 1. The summed E-state index contributed by atoms with van der Waals surface area (Å²) >= 11 is 0. The van der Waals surface area contributed by atoms with Crippen LogP contribution in [0.4, 0.5) is 5.69 Å². The zero-order chi connectivity index (χ0) is 13.2. The number of nitrogens with zero attached hydrogens (tertiary/aromatic N) is 1. The molecular weight excluding hydrogens is 228 g/mol. The van der Waals surface area contributed by atoms with Gasteiger partial charge in [0.05, 0.1) is 11.9 Å². The summed E-state index contributed by atoms with van der Waals surface area (Å²) in [7, 11) is 0. The van der Waals surface area contributed by atoms with Gasteiger partial charge in [0.2, 0.25) is 0 Å². The smallest absolute Gasteiger partial charge is 0.354 e. The number of carboxylic acids is 1. The minimum absolute atomic E-state index is 0.0883. The van der Waals surface area contributed by atoms with E-state index < -0.39 is 5.97 Å². The average Bonchev–Trinajstić information content (AvgIpc) is 2.33. The molecule has 4 nitrogen and oxygen atoms in total. The Balaban J connectivity index is 1.92. The van der Waals surface area contributed by atoms with Gasteiger partial charge in [0.15, 0.2) is 0 Å². The summed E-state index contributed by atoms with van der Waals surface area (Å²) in [6, 6.07) is 3.81. The van der Waals surface area contributed by atoms with Gasteiger partial charge in [0, 0.05) is 6.04 Å². The average molecular weight is 248 g/mol. The topological polar surface area (TPSA) is 62.2 Å². The number of aromatic nitrogens is 1. The lowest BCUT2D eigenvalue weighted by molar-refractivity contribution is 0.0690. The number of carboxylic acid groups (broad SMARTS) is 1. The lowest BCUT2D eigenvalue weighted by Crippen LogP contribution is -2.29. The van der Waals surface area contributed by atoms with E-state index in [-0.39, 0.29) is 5.69 Å². The molecule has 1 aliphatic rings. The standard InChI is InChI=1S/C14H20N2O2/c1-14(2)7-5-10(6-8-14)16-11-3-4-12(13(17)18)15-9-11/h3-4,9-10,16H,5-8H2,1-2H3,(H,17,18). The minimum atomic E-state index is -0.985. The number of rotatable bonds is 3. The molecule has 0 unspecified atom stereocenters. The fourth-order valence-electron chi connectivity index (χ4n) is 2.39. The van der Waals surface area contributed by atoms with Crippen molar-refractivity contribution in [1.29, 1.82) is 0 Å². The molecule has 2 rings (SSSR count). The van der Waals surface area contributed by atoms with Crippen LogP contribution in [0.25, 0.3) is 0 Å².